The number of amides is 1. The molecular weight excluding hydrogens is 334 g/mol. The fourth-order valence-corrected chi connectivity index (χ4v) is 2.84. The van der Waals surface area contributed by atoms with Crippen molar-refractivity contribution in [3.8, 4) is 11.8 Å². The highest BCUT2D eigenvalue weighted by atomic mass is 35.5. The van der Waals surface area contributed by atoms with Crippen molar-refractivity contribution in [3.05, 3.63) is 52.7 Å². The molecule has 1 N–H and O–H groups in total. The number of nitrogens with one attached hydrogen (secondary N) is 1. The molecule has 0 saturated heterocycles. The van der Waals surface area contributed by atoms with E-state index in [1.807, 2.05) is 0 Å². The quantitative estimate of drug-likeness (QED) is 0.518. The molecule has 1 aliphatic rings. The molecule has 0 saturated carbocycles. The summed E-state index contributed by atoms with van der Waals surface area (Å²) < 4.78 is 22.3. The van der Waals surface area contributed by atoms with Crippen molar-refractivity contribution >= 4 is 28.6 Å². The summed E-state index contributed by atoms with van der Waals surface area (Å²) >= 11 is 3.69. The molecule has 0 heterocycles. The molecule has 0 bridgehead atoms. The van der Waals surface area contributed by atoms with Gasteiger partial charge in [-0.15, -0.1) is 11.6 Å². The molecule has 2 atom stereocenters. The number of aryl methyl sites for hydroxylation is 2. The molecule has 23 heavy (non-hydrogen) atoms. The lowest BCUT2D eigenvalue weighted by molar-refractivity contribution is 0.0966. The number of hydrogen-bond acceptors (Lipinski definition) is 3. The Labute approximate surface area is 142 Å². The fourth-order valence-electron chi connectivity index (χ4n) is 2.10. The largest absolute Gasteiger partial charge is 0.768 e. The van der Waals surface area contributed by atoms with E-state index < -0.39 is 11.1 Å². The van der Waals surface area contributed by atoms with Crippen LogP contribution in [0.5, 0.6) is 0 Å². The molecule has 2 rings (SSSR count). The van der Waals surface area contributed by atoms with Gasteiger partial charge in [0.2, 0.25) is 0 Å². The van der Waals surface area contributed by atoms with Gasteiger partial charge in [-0.25, -0.2) is 0 Å². The number of benzene rings is 1. The van der Waals surface area contributed by atoms with Crippen molar-refractivity contribution in [2.45, 2.75) is 30.5 Å². The lowest BCUT2D eigenvalue weighted by Crippen LogP contribution is -2.23. The van der Waals surface area contributed by atoms with E-state index in [0.29, 0.717) is 28.8 Å². The standard InChI is InChI=1S/C17H16ClNO3S/c1-11-10-16(23(21)22)12(2)9-15(11)17(20)19-14-6-4-3-5-13(18)7-8-14/h6-10,13H,5H2,1-2H3,(H,19,20)(H,21,22)/p-1. The van der Waals surface area contributed by atoms with Gasteiger partial charge in [0, 0.05) is 28.7 Å². The van der Waals surface area contributed by atoms with Crippen LogP contribution in [-0.2, 0) is 11.1 Å². The van der Waals surface area contributed by atoms with Crippen LogP contribution >= 0.6 is 11.6 Å². The van der Waals surface area contributed by atoms with Crippen LogP contribution in [0.25, 0.3) is 0 Å². The van der Waals surface area contributed by atoms with Crippen LogP contribution in [0.15, 0.2) is 41.0 Å². The van der Waals surface area contributed by atoms with Crippen LogP contribution in [-0.4, -0.2) is 20.0 Å². The molecule has 0 spiro atoms. The summed E-state index contributed by atoms with van der Waals surface area (Å²) in [5.41, 5.74) is 2.07. The normalized spacial score (nSPS) is 18.1. The van der Waals surface area contributed by atoms with Crippen LogP contribution in [0.4, 0.5) is 0 Å². The van der Waals surface area contributed by atoms with Crippen molar-refractivity contribution < 1.29 is 13.6 Å². The third-order valence-electron chi connectivity index (χ3n) is 3.32. The lowest BCUT2D eigenvalue weighted by Gasteiger charge is -2.14. The second-order valence-electron chi connectivity index (χ2n) is 5.12. The number of hydrogen-bond donors (Lipinski definition) is 1. The summed E-state index contributed by atoms with van der Waals surface area (Å²) in [5, 5.41) is 2.56. The van der Waals surface area contributed by atoms with E-state index in [0.717, 1.165) is 0 Å². The van der Waals surface area contributed by atoms with E-state index in [-0.39, 0.29) is 16.2 Å². The SMILES string of the molecule is Cc1cc(S(=O)[O-])c(C)cc1C(=O)NC1=CC#CCC(Cl)C=C1. The molecule has 0 radical (unpaired) electrons. The molecule has 1 aromatic rings. The highest BCUT2D eigenvalue weighted by Crippen LogP contribution is 2.19. The molecule has 4 nitrogen and oxygen atoms in total. The third kappa shape index (κ3) is 4.55. The van der Waals surface area contributed by atoms with Gasteiger partial charge in [-0.05, 0) is 54.3 Å². The molecule has 0 aliphatic heterocycles. The number of carbonyl (C=O) groups excluding carboxylic acids is 1. The average Bonchev–Trinajstić information content (AvgIpc) is 2.48. The number of allylic oxidation sites excluding steroid dienone is 3. The van der Waals surface area contributed by atoms with E-state index >= 15 is 0 Å². The van der Waals surface area contributed by atoms with Gasteiger partial charge >= 0.3 is 0 Å². The summed E-state index contributed by atoms with van der Waals surface area (Å²) in [6, 6.07) is 3.06. The molecule has 1 aromatic carbocycles. The minimum Gasteiger partial charge on any atom is -0.768 e. The van der Waals surface area contributed by atoms with E-state index in [4.69, 9.17) is 11.6 Å². The van der Waals surface area contributed by atoms with E-state index in [1.165, 1.54) is 6.07 Å². The summed E-state index contributed by atoms with van der Waals surface area (Å²) in [5.74, 6) is 5.40. The third-order valence-corrected chi connectivity index (χ3v) is 4.41. The first kappa shape index (κ1) is 17.5. The number of carbonyl (C=O) groups is 1. The predicted molar refractivity (Wildman–Crippen MR) is 89.8 cm³/mol. The molecule has 0 aromatic heterocycles. The van der Waals surface area contributed by atoms with Crippen molar-refractivity contribution in [1.82, 2.24) is 5.32 Å². The summed E-state index contributed by atoms with van der Waals surface area (Å²) in [6.45, 7) is 3.35. The predicted octanol–water partition coefficient (Wildman–Crippen LogP) is 2.73. The molecular formula is C17H15ClNO3S-. The monoisotopic (exact) mass is 348 g/mol. The van der Waals surface area contributed by atoms with Gasteiger partial charge in [0.15, 0.2) is 0 Å². The van der Waals surface area contributed by atoms with E-state index in [2.05, 4.69) is 17.2 Å². The molecule has 1 amide bonds. The Kier molecular flexibility index (Phi) is 5.78. The zero-order valence-electron chi connectivity index (χ0n) is 12.7. The second-order valence-corrected chi connectivity index (χ2v) is 6.59. The Hall–Kier alpha value is -1.87. The van der Waals surface area contributed by atoms with Crippen LogP contribution in [0.3, 0.4) is 0 Å². The summed E-state index contributed by atoms with van der Waals surface area (Å²) in [4.78, 5) is 12.6. The summed E-state index contributed by atoms with van der Waals surface area (Å²) in [6.07, 6.45) is 5.65. The van der Waals surface area contributed by atoms with Gasteiger partial charge in [0.25, 0.3) is 5.91 Å². The van der Waals surface area contributed by atoms with E-state index in [9.17, 15) is 13.6 Å². The highest BCUT2D eigenvalue weighted by Gasteiger charge is 2.13. The maximum atomic E-state index is 12.4. The minimum absolute atomic E-state index is 0.194. The Morgan fingerprint density at radius 1 is 1.39 bits per heavy atom. The molecule has 2 unspecified atom stereocenters. The number of alkyl halides is 1. The fraction of sp³-hybridized carbons (Fsp3) is 0.235. The van der Waals surface area contributed by atoms with Crippen LogP contribution in [0.2, 0.25) is 0 Å². The first-order valence-electron chi connectivity index (χ1n) is 6.91. The first-order valence-corrected chi connectivity index (χ1v) is 8.42. The Morgan fingerprint density at radius 2 is 2.13 bits per heavy atom. The smallest absolute Gasteiger partial charge is 0.255 e. The molecule has 120 valence electrons. The Balaban J connectivity index is 2.27. The van der Waals surface area contributed by atoms with Gasteiger partial charge in [0.1, 0.15) is 0 Å². The highest BCUT2D eigenvalue weighted by molar-refractivity contribution is 7.79. The summed E-state index contributed by atoms with van der Waals surface area (Å²) in [7, 11) is 0. The van der Waals surface area contributed by atoms with Gasteiger partial charge in [0.05, 0.1) is 5.38 Å². The first-order chi connectivity index (χ1) is 10.9. The van der Waals surface area contributed by atoms with E-state index in [1.54, 1.807) is 38.1 Å². The average molecular weight is 349 g/mol. The van der Waals surface area contributed by atoms with Gasteiger partial charge in [-0.3, -0.25) is 9.00 Å². The maximum absolute atomic E-state index is 12.4. The molecule has 6 heteroatoms. The minimum atomic E-state index is -2.32. The van der Waals surface area contributed by atoms with Crippen LogP contribution < -0.4 is 5.32 Å². The topological polar surface area (TPSA) is 69.2 Å². The maximum Gasteiger partial charge on any atom is 0.255 e. The molecule has 0 fully saturated rings. The van der Waals surface area contributed by atoms with Gasteiger partial charge in [-0.2, -0.15) is 0 Å². The zero-order chi connectivity index (χ0) is 17.0. The number of rotatable bonds is 3. The zero-order valence-corrected chi connectivity index (χ0v) is 14.3. The van der Waals surface area contributed by atoms with Crippen LogP contribution in [0, 0.1) is 25.7 Å². The van der Waals surface area contributed by atoms with Crippen molar-refractivity contribution in [2.75, 3.05) is 0 Å². The Morgan fingerprint density at radius 3 is 2.83 bits per heavy atom. The van der Waals surface area contributed by atoms with Crippen molar-refractivity contribution in [3.63, 3.8) is 0 Å². The van der Waals surface area contributed by atoms with Crippen molar-refractivity contribution in [1.29, 1.82) is 0 Å². The number of halogens is 1. The van der Waals surface area contributed by atoms with Crippen molar-refractivity contribution in [2.24, 2.45) is 0 Å². The van der Waals surface area contributed by atoms with Gasteiger partial charge < -0.3 is 9.87 Å². The molecule has 1 aliphatic carbocycles. The Bertz CT molecular complexity index is 787. The second kappa shape index (κ2) is 7.60. The van der Waals surface area contributed by atoms with Crippen LogP contribution in [0.1, 0.15) is 27.9 Å². The van der Waals surface area contributed by atoms with Gasteiger partial charge in [-0.1, -0.05) is 17.9 Å². The lowest BCUT2D eigenvalue weighted by atomic mass is 10.0.